The quantitative estimate of drug-likeness (QED) is 0.785. The zero-order valence-electron chi connectivity index (χ0n) is 15.8. The van der Waals surface area contributed by atoms with Gasteiger partial charge in [0.05, 0.1) is 0 Å². The van der Waals surface area contributed by atoms with E-state index in [2.05, 4.69) is 13.8 Å². The summed E-state index contributed by atoms with van der Waals surface area (Å²) in [4.78, 5) is 29.5. The van der Waals surface area contributed by atoms with E-state index in [9.17, 15) is 9.59 Å². The van der Waals surface area contributed by atoms with Crippen LogP contribution in [0.15, 0.2) is 42.5 Å². The SMILES string of the molecule is CCC(C)N(CCC(=O)N1CCCC1)C(=O)c1cccc2ccccc12. The van der Waals surface area contributed by atoms with E-state index in [4.69, 9.17) is 0 Å². The van der Waals surface area contributed by atoms with Crippen LogP contribution in [0.25, 0.3) is 10.8 Å². The van der Waals surface area contributed by atoms with Crippen LogP contribution in [0.5, 0.6) is 0 Å². The Bertz CT molecular complexity index is 775. The van der Waals surface area contributed by atoms with E-state index in [1.807, 2.05) is 52.3 Å². The van der Waals surface area contributed by atoms with Gasteiger partial charge < -0.3 is 9.80 Å². The average Bonchev–Trinajstić information content (AvgIpc) is 3.22. The van der Waals surface area contributed by atoms with E-state index in [0.29, 0.717) is 13.0 Å². The number of carbonyl (C=O) groups excluding carboxylic acids is 2. The average molecular weight is 352 g/mol. The molecular weight excluding hydrogens is 324 g/mol. The molecule has 0 bridgehead atoms. The highest BCUT2D eigenvalue weighted by atomic mass is 16.2. The highest BCUT2D eigenvalue weighted by Crippen LogP contribution is 2.22. The molecule has 1 aliphatic rings. The van der Waals surface area contributed by atoms with Gasteiger partial charge in [0.1, 0.15) is 0 Å². The summed E-state index contributed by atoms with van der Waals surface area (Å²) in [7, 11) is 0. The Balaban J connectivity index is 1.80. The van der Waals surface area contributed by atoms with Crippen LogP contribution in [0, 0.1) is 0 Å². The fourth-order valence-electron chi connectivity index (χ4n) is 3.65. The number of carbonyl (C=O) groups is 2. The molecular formula is C22H28N2O2. The van der Waals surface area contributed by atoms with Crippen LogP contribution >= 0.6 is 0 Å². The molecule has 4 nitrogen and oxygen atoms in total. The first-order valence-electron chi connectivity index (χ1n) is 9.68. The van der Waals surface area contributed by atoms with Crippen molar-refractivity contribution in [1.82, 2.24) is 9.80 Å². The number of benzene rings is 2. The molecule has 0 saturated carbocycles. The summed E-state index contributed by atoms with van der Waals surface area (Å²) in [6.45, 7) is 6.34. The van der Waals surface area contributed by atoms with Gasteiger partial charge in [-0.1, -0.05) is 43.3 Å². The lowest BCUT2D eigenvalue weighted by Crippen LogP contribution is -2.41. The zero-order valence-corrected chi connectivity index (χ0v) is 15.8. The molecule has 1 atom stereocenters. The van der Waals surface area contributed by atoms with Crippen molar-refractivity contribution in [2.24, 2.45) is 0 Å². The predicted molar refractivity (Wildman–Crippen MR) is 105 cm³/mol. The lowest BCUT2D eigenvalue weighted by molar-refractivity contribution is -0.130. The van der Waals surface area contributed by atoms with Gasteiger partial charge in [0.15, 0.2) is 0 Å². The van der Waals surface area contributed by atoms with Gasteiger partial charge in [-0.05, 0) is 43.0 Å². The van der Waals surface area contributed by atoms with Gasteiger partial charge in [0, 0.05) is 37.7 Å². The third-order valence-corrected chi connectivity index (χ3v) is 5.43. The third kappa shape index (κ3) is 3.90. The topological polar surface area (TPSA) is 40.6 Å². The normalized spacial score (nSPS) is 15.2. The maximum atomic E-state index is 13.3. The maximum Gasteiger partial charge on any atom is 0.254 e. The second-order valence-electron chi connectivity index (χ2n) is 7.12. The van der Waals surface area contributed by atoms with Gasteiger partial charge in [-0.3, -0.25) is 9.59 Å². The minimum atomic E-state index is 0.0189. The molecule has 26 heavy (non-hydrogen) atoms. The Morgan fingerprint density at radius 1 is 1.08 bits per heavy atom. The largest absolute Gasteiger partial charge is 0.343 e. The second-order valence-corrected chi connectivity index (χ2v) is 7.12. The Kier molecular flexibility index (Phi) is 5.92. The molecule has 1 fully saturated rings. The smallest absolute Gasteiger partial charge is 0.254 e. The molecule has 1 unspecified atom stereocenters. The van der Waals surface area contributed by atoms with Crippen LogP contribution in [-0.2, 0) is 4.79 Å². The van der Waals surface area contributed by atoms with Gasteiger partial charge in [-0.15, -0.1) is 0 Å². The molecule has 2 amide bonds. The summed E-state index contributed by atoms with van der Waals surface area (Å²) in [6, 6.07) is 13.9. The standard InChI is InChI=1S/C22H28N2O2/c1-3-17(2)24(16-13-21(25)23-14-6-7-15-23)22(26)20-12-8-10-18-9-4-5-11-19(18)20/h4-5,8-12,17H,3,6-7,13-16H2,1-2H3. The first-order valence-corrected chi connectivity index (χ1v) is 9.68. The number of hydrogen-bond acceptors (Lipinski definition) is 2. The van der Waals surface area contributed by atoms with E-state index in [1.165, 1.54) is 0 Å². The highest BCUT2D eigenvalue weighted by Gasteiger charge is 2.24. The van der Waals surface area contributed by atoms with Gasteiger partial charge >= 0.3 is 0 Å². The van der Waals surface area contributed by atoms with E-state index in [1.54, 1.807) is 0 Å². The molecule has 0 aromatic heterocycles. The van der Waals surface area contributed by atoms with Gasteiger partial charge in [0.2, 0.25) is 5.91 Å². The molecule has 2 aromatic carbocycles. The summed E-state index contributed by atoms with van der Waals surface area (Å²) in [5.74, 6) is 0.187. The lowest BCUT2D eigenvalue weighted by atomic mass is 10.0. The van der Waals surface area contributed by atoms with Gasteiger partial charge in [0.25, 0.3) is 5.91 Å². The molecule has 3 rings (SSSR count). The monoisotopic (exact) mass is 352 g/mol. The molecule has 138 valence electrons. The minimum Gasteiger partial charge on any atom is -0.343 e. The van der Waals surface area contributed by atoms with Gasteiger partial charge in [-0.25, -0.2) is 0 Å². The lowest BCUT2D eigenvalue weighted by Gasteiger charge is -2.29. The van der Waals surface area contributed by atoms with Crippen LogP contribution in [0.1, 0.15) is 49.9 Å². The predicted octanol–water partition coefficient (Wildman–Crippen LogP) is 4.09. The van der Waals surface area contributed by atoms with Crippen molar-refractivity contribution in [1.29, 1.82) is 0 Å². The van der Waals surface area contributed by atoms with Crippen molar-refractivity contribution < 1.29 is 9.59 Å². The van der Waals surface area contributed by atoms with E-state index >= 15 is 0 Å². The fraction of sp³-hybridized carbons (Fsp3) is 0.455. The summed E-state index contributed by atoms with van der Waals surface area (Å²) in [6.07, 6.45) is 3.46. The van der Waals surface area contributed by atoms with Crippen LogP contribution in [0.3, 0.4) is 0 Å². The van der Waals surface area contributed by atoms with Crippen LogP contribution in [-0.4, -0.2) is 47.3 Å². The Morgan fingerprint density at radius 2 is 1.77 bits per heavy atom. The number of rotatable bonds is 6. The Labute approximate surface area is 155 Å². The Hall–Kier alpha value is -2.36. The molecule has 4 heteroatoms. The number of nitrogens with zero attached hydrogens (tertiary/aromatic N) is 2. The van der Waals surface area contributed by atoms with Gasteiger partial charge in [-0.2, -0.15) is 0 Å². The molecule has 1 aliphatic heterocycles. The molecule has 0 radical (unpaired) electrons. The van der Waals surface area contributed by atoms with Crippen molar-refractivity contribution in [3.63, 3.8) is 0 Å². The summed E-state index contributed by atoms with van der Waals surface area (Å²) in [5, 5.41) is 2.04. The number of fused-ring (bicyclic) bond motifs is 1. The van der Waals surface area contributed by atoms with E-state index in [0.717, 1.165) is 48.7 Å². The van der Waals surface area contributed by atoms with E-state index < -0.39 is 0 Å². The number of amides is 2. The maximum absolute atomic E-state index is 13.3. The summed E-state index contributed by atoms with van der Waals surface area (Å²) < 4.78 is 0. The van der Waals surface area contributed by atoms with Crippen LogP contribution < -0.4 is 0 Å². The summed E-state index contributed by atoms with van der Waals surface area (Å²) in [5.41, 5.74) is 0.719. The van der Waals surface area contributed by atoms with Crippen molar-refractivity contribution >= 4 is 22.6 Å². The molecule has 1 heterocycles. The Morgan fingerprint density at radius 3 is 2.50 bits per heavy atom. The minimum absolute atomic E-state index is 0.0189. The van der Waals surface area contributed by atoms with Crippen molar-refractivity contribution in [2.75, 3.05) is 19.6 Å². The van der Waals surface area contributed by atoms with Crippen molar-refractivity contribution in [3.8, 4) is 0 Å². The molecule has 1 saturated heterocycles. The zero-order chi connectivity index (χ0) is 18.5. The fourth-order valence-corrected chi connectivity index (χ4v) is 3.65. The number of hydrogen-bond donors (Lipinski definition) is 0. The second kappa shape index (κ2) is 8.35. The van der Waals surface area contributed by atoms with Crippen LogP contribution in [0.2, 0.25) is 0 Å². The van der Waals surface area contributed by atoms with Crippen molar-refractivity contribution in [3.05, 3.63) is 48.0 Å². The summed E-state index contributed by atoms with van der Waals surface area (Å²) >= 11 is 0. The van der Waals surface area contributed by atoms with Crippen molar-refractivity contribution in [2.45, 2.75) is 45.6 Å². The van der Waals surface area contributed by atoms with Crippen LogP contribution in [0.4, 0.5) is 0 Å². The number of likely N-dealkylation sites (tertiary alicyclic amines) is 1. The first kappa shape index (κ1) is 18.4. The molecule has 0 aliphatic carbocycles. The highest BCUT2D eigenvalue weighted by molar-refractivity contribution is 6.07. The van der Waals surface area contributed by atoms with E-state index in [-0.39, 0.29) is 17.9 Å². The molecule has 0 N–H and O–H groups in total. The third-order valence-electron chi connectivity index (χ3n) is 5.43. The molecule has 0 spiro atoms. The first-order chi connectivity index (χ1) is 12.6. The molecule has 2 aromatic rings.